The SMILES string of the molecule is CC(C)C(N)C(=O)O.N=[N+]=N.NC(=O)NCCCC(N)C(=O)O. The summed E-state index contributed by atoms with van der Waals surface area (Å²) in [6, 6.07) is -2.19. The second-order valence-electron chi connectivity index (χ2n) is 4.60. The lowest BCUT2D eigenvalue weighted by Gasteiger charge is -2.07. The summed E-state index contributed by atoms with van der Waals surface area (Å²) in [6.45, 7) is 3.91. The molecule has 0 aliphatic rings. The molecule has 12 nitrogen and oxygen atoms in total. The lowest BCUT2D eigenvalue weighted by atomic mass is 10.1. The van der Waals surface area contributed by atoms with Crippen molar-refractivity contribution in [3.8, 4) is 0 Å². The molecule has 2 unspecified atom stereocenters. The van der Waals surface area contributed by atoms with Gasteiger partial charge < -0.3 is 32.7 Å². The van der Waals surface area contributed by atoms with Gasteiger partial charge in [0.1, 0.15) is 23.1 Å². The molecular formula is C11H26N7O5+. The maximum atomic E-state index is 10.2. The Labute approximate surface area is 133 Å². The first kappa shape index (κ1) is 25.4. The zero-order valence-corrected chi connectivity index (χ0v) is 13.2. The number of nitrogens with zero attached hydrogens (tertiary/aromatic N) is 1. The fourth-order valence-corrected chi connectivity index (χ4v) is 0.942. The molecular weight excluding hydrogens is 310 g/mol. The first-order valence-electron chi connectivity index (χ1n) is 6.54. The average Bonchev–Trinajstić information content (AvgIpc) is 2.43. The van der Waals surface area contributed by atoms with E-state index in [1.54, 1.807) is 13.8 Å². The van der Waals surface area contributed by atoms with Gasteiger partial charge >= 0.3 is 18.0 Å². The van der Waals surface area contributed by atoms with E-state index in [4.69, 9.17) is 38.5 Å². The van der Waals surface area contributed by atoms with Gasteiger partial charge in [-0.2, -0.15) is 0 Å². The number of carboxylic acid groups (broad SMARTS) is 2. The van der Waals surface area contributed by atoms with Crippen LogP contribution in [0.25, 0.3) is 0 Å². The molecule has 12 heteroatoms. The van der Waals surface area contributed by atoms with Gasteiger partial charge in [0.25, 0.3) is 0 Å². The number of amides is 2. The Morgan fingerprint density at radius 3 is 1.78 bits per heavy atom. The van der Waals surface area contributed by atoms with Gasteiger partial charge in [-0.05, 0) is 18.8 Å². The van der Waals surface area contributed by atoms with Crippen molar-refractivity contribution in [3.05, 3.63) is 0 Å². The van der Waals surface area contributed by atoms with E-state index >= 15 is 0 Å². The third-order valence-corrected chi connectivity index (χ3v) is 2.31. The molecule has 0 aromatic carbocycles. The summed E-state index contributed by atoms with van der Waals surface area (Å²) < 4.78 is 0. The van der Waals surface area contributed by atoms with E-state index in [1.165, 1.54) is 0 Å². The zero-order chi connectivity index (χ0) is 19.0. The quantitative estimate of drug-likeness (QED) is 0.164. The van der Waals surface area contributed by atoms with Crippen LogP contribution in [0.5, 0.6) is 0 Å². The van der Waals surface area contributed by atoms with E-state index in [-0.39, 0.29) is 5.92 Å². The molecule has 0 radical (unpaired) electrons. The lowest BCUT2D eigenvalue weighted by Crippen LogP contribution is -2.34. The number of carboxylic acids is 2. The van der Waals surface area contributed by atoms with Crippen molar-refractivity contribution in [1.82, 2.24) is 10.2 Å². The van der Waals surface area contributed by atoms with Gasteiger partial charge in [0, 0.05) is 6.54 Å². The highest BCUT2D eigenvalue weighted by Gasteiger charge is 2.14. The van der Waals surface area contributed by atoms with Crippen molar-refractivity contribution in [2.24, 2.45) is 23.1 Å². The van der Waals surface area contributed by atoms with Gasteiger partial charge in [-0.25, -0.2) is 4.79 Å². The second-order valence-corrected chi connectivity index (χ2v) is 4.60. The summed E-state index contributed by atoms with van der Waals surface area (Å²) in [5, 5.41) is 18.9. The molecule has 0 spiro atoms. The van der Waals surface area contributed by atoms with Crippen LogP contribution in [0.15, 0.2) is 0 Å². The maximum absolute atomic E-state index is 10.2. The number of nitrogens with two attached hydrogens (primary N) is 3. The number of hydrogen-bond acceptors (Lipinski definition) is 7. The minimum atomic E-state index is -1.03. The second kappa shape index (κ2) is 15.8. The standard InChI is InChI=1S/C6H13N3O3.C5H11NO2.H2N3/c7-4(5(10)11)2-1-3-9-6(8)12;1-3(2)4(6)5(7)8;1-3-2/h4H,1-3,7H2,(H,10,11)(H3,8,9,12);3-4H,6H2,1-2H3,(H,7,8);1-2H/q;;+1. The van der Waals surface area contributed by atoms with Crippen LogP contribution in [0.3, 0.4) is 0 Å². The van der Waals surface area contributed by atoms with E-state index in [0.717, 1.165) is 0 Å². The van der Waals surface area contributed by atoms with Crippen LogP contribution < -0.4 is 27.4 Å². The Balaban J connectivity index is -0.000000313. The van der Waals surface area contributed by atoms with Gasteiger partial charge in [0.15, 0.2) is 0 Å². The topological polar surface area (TPSA) is 244 Å². The van der Waals surface area contributed by atoms with Crippen LogP contribution >= 0.6 is 0 Å². The molecule has 23 heavy (non-hydrogen) atoms. The predicted octanol–water partition coefficient (Wildman–Crippen LogP) is -0.983. The molecule has 0 bridgehead atoms. The lowest BCUT2D eigenvalue weighted by molar-refractivity contribution is -0.140. The summed E-state index contributed by atoms with van der Waals surface area (Å²) in [4.78, 5) is 32.3. The average molecular weight is 336 g/mol. The summed E-state index contributed by atoms with van der Waals surface area (Å²) in [6.07, 6.45) is 0.839. The van der Waals surface area contributed by atoms with Crippen LogP contribution in [0, 0.1) is 17.0 Å². The molecule has 2 atom stereocenters. The fourth-order valence-electron chi connectivity index (χ4n) is 0.942. The van der Waals surface area contributed by atoms with E-state index in [0.29, 0.717) is 19.4 Å². The van der Waals surface area contributed by atoms with Crippen molar-refractivity contribution in [2.75, 3.05) is 6.54 Å². The first-order chi connectivity index (χ1) is 10.5. The molecule has 0 rings (SSSR count). The van der Waals surface area contributed by atoms with Crippen LogP contribution in [0.2, 0.25) is 0 Å². The van der Waals surface area contributed by atoms with Crippen molar-refractivity contribution in [1.29, 1.82) is 11.1 Å². The number of carbonyl (C=O) groups excluding carboxylic acids is 1. The number of primary amides is 1. The molecule has 11 N–H and O–H groups in total. The van der Waals surface area contributed by atoms with Crippen LogP contribution in [-0.4, -0.2) is 46.8 Å². The smallest absolute Gasteiger partial charge is 0.320 e. The van der Waals surface area contributed by atoms with Gasteiger partial charge in [-0.3, -0.25) is 9.59 Å². The summed E-state index contributed by atoms with van der Waals surface area (Å²) in [7, 11) is 0. The third-order valence-electron chi connectivity index (χ3n) is 2.31. The summed E-state index contributed by atoms with van der Waals surface area (Å²) in [5.74, 6) is -1.94. The molecule has 0 aliphatic carbocycles. The fraction of sp³-hybridized carbons (Fsp3) is 0.727. The molecule has 0 heterocycles. The number of rotatable bonds is 7. The molecule has 0 aromatic rings. The van der Waals surface area contributed by atoms with Crippen LogP contribution in [-0.2, 0) is 9.59 Å². The molecule has 0 fully saturated rings. The van der Waals surface area contributed by atoms with Gasteiger partial charge in [-0.1, -0.05) is 13.8 Å². The van der Waals surface area contributed by atoms with Crippen molar-refractivity contribution in [2.45, 2.75) is 38.8 Å². The number of hydrogen-bond donors (Lipinski definition) is 8. The molecule has 0 saturated carbocycles. The minimum Gasteiger partial charge on any atom is -0.480 e. The number of urea groups is 1. The Morgan fingerprint density at radius 1 is 1.13 bits per heavy atom. The third kappa shape index (κ3) is 21.9. The number of carbonyl (C=O) groups is 3. The van der Waals surface area contributed by atoms with E-state index in [1.807, 2.05) is 4.91 Å². The normalized spacial score (nSPS) is 11.5. The van der Waals surface area contributed by atoms with Crippen molar-refractivity contribution < 1.29 is 24.6 Å². The molecule has 0 aromatic heterocycles. The van der Waals surface area contributed by atoms with E-state index < -0.39 is 30.1 Å². The monoisotopic (exact) mass is 336 g/mol. The zero-order valence-electron chi connectivity index (χ0n) is 13.2. The molecule has 2 amide bonds. The van der Waals surface area contributed by atoms with E-state index in [9.17, 15) is 14.4 Å². The van der Waals surface area contributed by atoms with Crippen molar-refractivity contribution >= 4 is 18.0 Å². The maximum Gasteiger partial charge on any atom is 0.320 e. The Kier molecular flexibility index (Phi) is 17.5. The first-order valence-corrected chi connectivity index (χ1v) is 6.54. The van der Waals surface area contributed by atoms with Crippen molar-refractivity contribution in [3.63, 3.8) is 0 Å². The predicted molar refractivity (Wildman–Crippen MR) is 80.5 cm³/mol. The Morgan fingerprint density at radius 2 is 1.57 bits per heavy atom. The summed E-state index contributed by atoms with van der Waals surface area (Å²) >= 11 is 0. The van der Waals surface area contributed by atoms with Gasteiger partial charge in [-0.15, -0.1) is 0 Å². The highest BCUT2D eigenvalue weighted by molar-refractivity contribution is 5.73. The minimum absolute atomic E-state index is 0.0208. The van der Waals surface area contributed by atoms with Gasteiger partial charge in [0.05, 0.1) is 0 Å². The van der Waals surface area contributed by atoms with Crippen LogP contribution in [0.4, 0.5) is 4.79 Å². The molecule has 134 valence electrons. The highest BCUT2D eigenvalue weighted by atomic mass is 16.4. The molecule has 0 saturated heterocycles. The Hall–Kier alpha value is -2.56. The largest absolute Gasteiger partial charge is 0.480 e. The van der Waals surface area contributed by atoms with E-state index in [2.05, 4.69) is 5.32 Å². The van der Waals surface area contributed by atoms with Crippen LogP contribution in [0.1, 0.15) is 26.7 Å². The number of nitrogens with one attached hydrogen (secondary N) is 3. The van der Waals surface area contributed by atoms with Gasteiger partial charge in [0.2, 0.25) is 4.91 Å². The Bertz CT molecular complexity index is 396. The number of aliphatic carboxylic acids is 2. The summed E-state index contributed by atoms with van der Waals surface area (Å²) in [5.41, 5.74) is 26.1. The molecule has 0 aliphatic heterocycles. The highest BCUT2D eigenvalue weighted by Crippen LogP contribution is 1.96.